The van der Waals surface area contributed by atoms with E-state index in [9.17, 15) is 0 Å². The van der Waals surface area contributed by atoms with Crippen LogP contribution in [0.2, 0.25) is 0 Å². The largest absolute Gasteiger partial charge is 0.340 e. The summed E-state index contributed by atoms with van der Waals surface area (Å²) >= 11 is 0. The Morgan fingerprint density at radius 2 is 0.848 bits per heavy atom. The van der Waals surface area contributed by atoms with Crippen LogP contribution < -0.4 is 9.80 Å². The summed E-state index contributed by atoms with van der Waals surface area (Å²) in [5, 5.41) is 4.73. The van der Waals surface area contributed by atoms with Crippen molar-refractivity contribution in [3.05, 3.63) is 156 Å². The van der Waals surface area contributed by atoms with Gasteiger partial charge in [-0.3, -0.25) is 0 Å². The van der Waals surface area contributed by atoms with Crippen molar-refractivity contribution in [2.24, 2.45) is 0 Å². The van der Waals surface area contributed by atoms with E-state index < -0.39 is 36.3 Å². The predicted octanol–water partition coefficient (Wildman–Crippen LogP) is 11.3. The number of fused-ring (bicyclic) bond motifs is 2. The standard InChI is InChI=1S/C44H32N2/c1-3-11-29(12-4-1)37-27-41(45-25-23-31-15-7-9-17-39(31)45)35-22-20-34-38(30-13-5-2-6-14-30)28-42(36-21-19-33(37)43(35)44(34)36)46-26-24-32-16-8-10-18-40(32)46/h1-22,27-28H,23-26H2/i1D,2D,3D,4D,5D,6D,11D,12D,13D,14D. The van der Waals surface area contributed by atoms with Crippen molar-refractivity contribution < 1.29 is 13.7 Å². The average Bonchev–Trinajstić information content (AvgIpc) is 3.85. The molecule has 0 bridgehead atoms. The second-order valence-electron chi connectivity index (χ2n) is 12.0. The minimum absolute atomic E-state index is 0.0993. The summed E-state index contributed by atoms with van der Waals surface area (Å²) in [4.78, 5) is 4.46. The lowest BCUT2D eigenvalue weighted by molar-refractivity contribution is 1.00. The number of hydrogen-bond acceptors (Lipinski definition) is 2. The first-order valence-electron chi connectivity index (χ1n) is 20.6. The number of para-hydroxylation sites is 2. The zero-order valence-electron chi connectivity index (χ0n) is 34.8. The molecule has 0 radical (unpaired) electrons. The van der Waals surface area contributed by atoms with Crippen LogP contribution in [0.25, 0.3) is 54.6 Å². The normalized spacial score (nSPS) is 17.1. The maximum Gasteiger partial charge on any atom is 0.0629 e. The van der Waals surface area contributed by atoms with Crippen LogP contribution >= 0.6 is 0 Å². The third kappa shape index (κ3) is 3.71. The van der Waals surface area contributed by atoms with Crippen LogP contribution in [0.5, 0.6) is 0 Å². The molecule has 2 aliphatic rings. The van der Waals surface area contributed by atoms with Crippen molar-refractivity contribution in [1.29, 1.82) is 0 Å². The van der Waals surface area contributed by atoms with E-state index >= 15 is 0 Å². The second-order valence-corrected chi connectivity index (χ2v) is 12.0. The third-order valence-electron chi connectivity index (χ3n) is 9.75. The molecule has 8 aromatic rings. The number of anilines is 4. The third-order valence-corrected chi connectivity index (χ3v) is 9.75. The Bertz CT molecular complexity index is 2750. The van der Waals surface area contributed by atoms with E-state index in [-0.39, 0.29) is 35.3 Å². The summed E-state index contributed by atoms with van der Waals surface area (Å²) < 4.78 is 87.5. The lowest BCUT2D eigenvalue weighted by atomic mass is 9.85. The number of rotatable bonds is 4. The highest BCUT2D eigenvalue weighted by Gasteiger charge is 2.28. The number of hydrogen-bond donors (Lipinski definition) is 0. The smallest absolute Gasteiger partial charge is 0.0629 e. The van der Waals surface area contributed by atoms with E-state index in [1.807, 2.05) is 60.7 Å². The van der Waals surface area contributed by atoms with Crippen LogP contribution in [-0.4, -0.2) is 13.1 Å². The van der Waals surface area contributed by atoms with Crippen LogP contribution in [-0.2, 0) is 12.8 Å². The van der Waals surface area contributed by atoms with Crippen molar-refractivity contribution >= 4 is 55.1 Å². The minimum Gasteiger partial charge on any atom is -0.340 e. The van der Waals surface area contributed by atoms with Gasteiger partial charge in [-0.1, -0.05) is 121 Å². The van der Waals surface area contributed by atoms with Crippen molar-refractivity contribution in [3.8, 4) is 22.3 Å². The molecule has 2 aliphatic heterocycles. The van der Waals surface area contributed by atoms with Crippen LogP contribution in [0.15, 0.2) is 145 Å². The molecule has 0 saturated carbocycles. The highest BCUT2D eigenvalue weighted by molar-refractivity contribution is 6.32. The van der Waals surface area contributed by atoms with Crippen LogP contribution in [0.3, 0.4) is 0 Å². The molecular formula is C44H32N2. The van der Waals surface area contributed by atoms with Crippen molar-refractivity contribution in [2.75, 3.05) is 22.9 Å². The Hall–Kier alpha value is -5.60. The molecule has 0 spiro atoms. The van der Waals surface area contributed by atoms with Crippen LogP contribution in [0, 0.1) is 0 Å². The first kappa shape index (κ1) is 17.8. The molecule has 0 unspecified atom stereocenters. The van der Waals surface area contributed by atoms with E-state index in [1.54, 1.807) is 0 Å². The van der Waals surface area contributed by atoms with Gasteiger partial charge in [-0.2, -0.15) is 0 Å². The number of nitrogens with zero attached hydrogens (tertiary/aromatic N) is 2. The Kier molecular flexibility index (Phi) is 3.85. The van der Waals surface area contributed by atoms with E-state index in [0.717, 1.165) is 57.1 Å². The van der Waals surface area contributed by atoms with E-state index in [2.05, 4.69) is 34.1 Å². The molecule has 0 N–H and O–H groups in total. The topological polar surface area (TPSA) is 6.48 Å². The molecule has 8 aromatic carbocycles. The highest BCUT2D eigenvalue weighted by Crippen LogP contribution is 2.51. The van der Waals surface area contributed by atoms with Gasteiger partial charge in [0.2, 0.25) is 0 Å². The minimum atomic E-state index is -0.464. The van der Waals surface area contributed by atoms with E-state index in [1.165, 1.54) is 11.1 Å². The fraction of sp³-hybridized carbons (Fsp3) is 0.0909. The van der Waals surface area contributed by atoms with Crippen LogP contribution in [0.4, 0.5) is 22.7 Å². The van der Waals surface area contributed by atoms with Gasteiger partial charge in [0.15, 0.2) is 0 Å². The Morgan fingerprint density at radius 1 is 0.435 bits per heavy atom. The summed E-state index contributed by atoms with van der Waals surface area (Å²) in [6, 6.07) is 24.4. The van der Waals surface area contributed by atoms with Gasteiger partial charge in [0.25, 0.3) is 0 Å². The molecule has 10 rings (SSSR count). The first-order chi connectivity index (χ1) is 27.0. The molecule has 46 heavy (non-hydrogen) atoms. The molecule has 2 heteroatoms. The molecule has 0 amide bonds. The van der Waals surface area contributed by atoms with Gasteiger partial charge in [-0.05, 0) is 81.3 Å². The summed E-state index contributed by atoms with van der Waals surface area (Å²) in [6.45, 7) is 1.35. The van der Waals surface area contributed by atoms with Gasteiger partial charge in [-0.25, -0.2) is 0 Å². The van der Waals surface area contributed by atoms with Gasteiger partial charge >= 0.3 is 0 Å². The molecule has 2 heterocycles. The molecule has 0 fully saturated rings. The maximum atomic E-state index is 9.09. The van der Waals surface area contributed by atoms with Gasteiger partial charge in [-0.15, -0.1) is 0 Å². The van der Waals surface area contributed by atoms with Crippen molar-refractivity contribution in [2.45, 2.75) is 12.8 Å². The maximum absolute atomic E-state index is 9.09. The Balaban J connectivity index is 1.41. The molecule has 0 atom stereocenters. The average molecular weight is 599 g/mol. The van der Waals surface area contributed by atoms with E-state index in [4.69, 9.17) is 13.7 Å². The van der Waals surface area contributed by atoms with Gasteiger partial charge in [0, 0.05) is 57.4 Å². The lowest BCUT2D eigenvalue weighted by Gasteiger charge is -2.28. The molecule has 0 aromatic heterocycles. The predicted molar refractivity (Wildman–Crippen MR) is 195 cm³/mol. The molecule has 2 nitrogen and oxygen atoms in total. The highest BCUT2D eigenvalue weighted by atomic mass is 15.2. The molecule has 0 aliphatic carbocycles. The monoisotopic (exact) mass is 598 g/mol. The Labute approximate surface area is 283 Å². The summed E-state index contributed by atoms with van der Waals surface area (Å²) in [5.74, 6) is 0. The number of benzene rings is 8. The second kappa shape index (κ2) is 9.95. The quantitative estimate of drug-likeness (QED) is 0.186. The molecular weight excluding hydrogens is 556 g/mol. The summed E-state index contributed by atoms with van der Waals surface area (Å²) in [6.07, 6.45) is 1.61. The SMILES string of the molecule is [2H]c1c([2H])c([2H])c(-c2cc(N3CCc4ccccc43)c3ccc4c(-c5c([2H])c([2H])c([2H])c([2H])c5[2H])cc(N5CCc6ccccc65)c5ccc2c3c45)c([2H])c1[2H]. The van der Waals surface area contributed by atoms with Gasteiger partial charge in [0.05, 0.1) is 13.7 Å². The molecule has 0 saturated heterocycles. The summed E-state index contributed by atoms with van der Waals surface area (Å²) in [7, 11) is 0. The fourth-order valence-corrected chi connectivity index (χ4v) is 7.76. The van der Waals surface area contributed by atoms with Crippen molar-refractivity contribution in [1.82, 2.24) is 0 Å². The first-order valence-corrected chi connectivity index (χ1v) is 15.6. The zero-order chi connectivity index (χ0) is 38.9. The molecule has 218 valence electrons. The summed E-state index contributed by atoms with van der Waals surface area (Å²) in [5.41, 5.74) is 7.24. The van der Waals surface area contributed by atoms with Crippen LogP contribution in [0.1, 0.15) is 24.8 Å². The van der Waals surface area contributed by atoms with Gasteiger partial charge in [0.1, 0.15) is 0 Å². The lowest BCUT2D eigenvalue weighted by Crippen LogP contribution is -2.15. The fourth-order valence-electron chi connectivity index (χ4n) is 7.76. The van der Waals surface area contributed by atoms with Crippen molar-refractivity contribution in [3.63, 3.8) is 0 Å². The Morgan fingerprint density at radius 3 is 1.30 bits per heavy atom. The zero-order valence-corrected chi connectivity index (χ0v) is 24.8. The van der Waals surface area contributed by atoms with Gasteiger partial charge < -0.3 is 9.80 Å². The van der Waals surface area contributed by atoms with E-state index in [0.29, 0.717) is 35.0 Å².